The van der Waals surface area contributed by atoms with Gasteiger partial charge in [-0.3, -0.25) is 0 Å². The Hall–Kier alpha value is -1.69. The quantitative estimate of drug-likeness (QED) is 0.858. The zero-order chi connectivity index (χ0) is 14.2. The molecule has 2 aromatic rings. The van der Waals surface area contributed by atoms with Crippen molar-refractivity contribution in [3.63, 3.8) is 0 Å². The zero-order valence-corrected chi connectivity index (χ0v) is 12.5. The highest BCUT2D eigenvalue weighted by molar-refractivity contribution is 6.29. The van der Waals surface area contributed by atoms with Crippen molar-refractivity contribution >= 4 is 17.4 Å². The molecule has 4 rings (SSSR count). The van der Waals surface area contributed by atoms with Gasteiger partial charge in [0.1, 0.15) is 28.4 Å². The summed E-state index contributed by atoms with van der Waals surface area (Å²) in [6.45, 7) is 1.82. The fourth-order valence-electron chi connectivity index (χ4n) is 2.75. The highest BCUT2D eigenvalue weighted by atomic mass is 35.5. The van der Waals surface area contributed by atoms with E-state index in [0.717, 1.165) is 49.2 Å². The van der Waals surface area contributed by atoms with E-state index in [1.165, 1.54) is 19.3 Å². The molecule has 2 aromatic heterocycles. The van der Waals surface area contributed by atoms with Gasteiger partial charge in [-0.05, 0) is 19.3 Å². The van der Waals surface area contributed by atoms with Gasteiger partial charge < -0.3 is 9.88 Å². The first-order valence-electron chi connectivity index (χ1n) is 7.49. The third-order valence-electron chi connectivity index (χ3n) is 4.00. The molecule has 21 heavy (non-hydrogen) atoms. The van der Waals surface area contributed by atoms with Crippen molar-refractivity contribution in [2.24, 2.45) is 0 Å². The van der Waals surface area contributed by atoms with Crippen LogP contribution >= 0.6 is 11.6 Å². The van der Waals surface area contributed by atoms with Crippen LogP contribution in [-0.2, 0) is 19.4 Å². The summed E-state index contributed by atoms with van der Waals surface area (Å²) in [7, 11) is 0. The molecule has 0 radical (unpaired) electrons. The average molecular weight is 305 g/mol. The minimum atomic E-state index is 0.504. The normalized spacial score (nSPS) is 17.0. The van der Waals surface area contributed by atoms with Crippen LogP contribution in [-0.4, -0.2) is 31.3 Å². The van der Waals surface area contributed by atoms with Crippen molar-refractivity contribution in [1.82, 2.24) is 24.7 Å². The number of anilines is 1. The number of hydrogen-bond acceptors (Lipinski definition) is 5. The van der Waals surface area contributed by atoms with Crippen LogP contribution in [0.5, 0.6) is 0 Å². The Labute approximate surface area is 128 Å². The highest BCUT2D eigenvalue weighted by Gasteiger charge is 2.27. The van der Waals surface area contributed by atoms with Crippen LogP contribution in [0.1, 0.15) is 42.7 Å². The van der Waals surface area contributed by atoms with Crippen LogP contribution in [0.2, 0.25) is 5.15 Å². The molecule has 1 aliphatic carbocycles. The van der Waals surface area contributed by atoms with Crippen molar-refractivity contribution in [3.05, 3.63) is 28.7 Å². The van der Waals surface area contributed by atoms with Gasteiger partial charge in [-0.15, -0.1) is 10.2 Å². The minimum absolute atomic E-state index is 0.504. The Morgan fingerprint density at radius 2 is 2.19 bits per heavy atom. The summed E-state index contributed by atoms with van der Waals surface area (Å²) in [5, 5.41) is 12.3. The van der Waals surface area contributed by atoms with Crippen molar-refractivity contribution < 1.29 is 0 Å². The van der Waals surface area contributed by atoms with Crippen molar-refractivity contribution in [2.45, 2.75) is 44.6 Å². The smallest absolute Gasteiger partial charge is 0.135 e. The van der Waals surface area contributed by atoms with Crippen LogP contribution in [0.3, 0.4) is 0 Å². The molecule has 0 bridgehead atoms. The molecular formula is C14H17ClN6. The van der Waals surface area contributed by atoms with E-state index in [4.69, 9.17) is 11.6 Å². The molecule has 1 aliphatic heterocycles. The van der Waals surface area contributed by atoms with Crippen LogP contribution in [0, 0.1) is 0 Å². The largest absolute Gasteiger partial charge is 0.369 e. The fraction of sp³-hybridized carbons (Fsp3) is 0.571. The molecule has 1 fully saturated rings. The first kappa shape index (κ1) is 13.0. The summed E-state index contributed by atoms with van der Waals surface area (Å²) in [5.74, 6) is 4.35. The second-order valence-corrected chi connectivity index (χ2v) is 6.06. The van der Waals surface area contributed by atoms with Gasteiger partial charge in [0.25, 0.3) is 0 Å². The number of rotatable bonds is 5. The minimum Gasteiger partial charge on any atom is -0.369 e. The Bertz CT molecular complexity index is 663. The van der Waals surface area contributed by atoms with E-state index in [1.807, 2.05) is 0 Å². The number of aryl methyl sites for hydroxylation is 1. The molecule has 0 saturated heterocycles. The molecule has 3 heterocycles. The van der Waals surface area contributed by atoms with Crippen molar-refractivity contribution in [3.8, 4) is 0 Å². The Kier molecular flexibility index (Phi) is 3.25. The summed E-state index contributed by atoms with van der Waals surface area (Å²) >= 11 is 6.06. The summed E-state index contributed by atoms with van der Waals surface area (Å²) in [4.78, 5) is 8.83. The molecule has 0 unspecified atom stereocenters. The third-order valence-corrected chi connectivity index (χ3v) is 4.19. The lowest BCUT2D eigenvalue weighted by Gasteiger charge is -2.08. The number of halogens is 1. The molecule has 0 spiro atoms. The Morgan fingerprint density at radius 3 is 3.05 bits per heavy atom. The highest BCUT2D eigenvalue weighted by Crippen LogP contribution is 2.38. The summed E-state index contributed by atoms with van der Waals surface area (Å²) in [5.41, 5.74) is 0. The van der Waals surface area contributed by atoms with Crippen LogP contribution < -0.4 is 5.32 Å². The Balaban J connectivity index is 1.40. The summed E-state index contributed by atoms with van der Waals surface area (Å²) < 4.78 is 2.23. The van der Waals surface area contributed by atoms with Crippen LogP contribution in [0.25, 0.3) is 0 Å². The van der Waals surface area contributed by atoms with E-state index in [2.05, 4.69) is 30.0 Å². The van der Waals surface area contributed by atoms with Gasteiger partial charge in [-0.25, -0.2) is 9.97 Å². The molecule has 7 heteroatoms. The topological polar surface area (TPSA) is 68.5 Å². The van der Waals surface area contributed by atoms with Gasteiger partial charge >= 0.3 is 0 Å². The SMILES string of the molecule is Clc1cc(NCCc2nnc3n2CCC3)nc(C2CC2)n1. The Morgan fingerprint density at radius 1 is 1.29 bits per heavy atom. The number of fused-ring (bicyclic) bond motifs is 1. The first-order chi connectivity index (χ1) is 10.3. The predicted molar refractivity (Wildman–Crippen MR) is 79.6 cm³/mol. The van der Waals surface area contributed by atoms with E-state index >= 15 is 0 Å². The zero-order valence-electron chi connectivity index (χ0n) is 11.7. The van der Waals surface area contributed by atoms with E-state index < -0.39 is 0 Å². The summed E-state index contributed by atoms with van der Waals surface area (Å²) in [6, 6.07) is 1.78. The van der Waals surface area contributed by atoms with Crippen molar-refractivity contribution in [2.75, 3.05) is 11.9 Å². The van der Waals surface area contributed by atoms with E-state index in [-0.39, 0.29) is 0 Å². The fourth-order valence-corrected chi connectivity index (χ4v) is 2.94. The van der Waals surface area contributed by atoms with Gasteiger partial charge in [0, 0.05) is 37.9 Å². The lowest BCUT2D eigenvalue weighted by molar-refractivity contribution is 0.687. The maximum absolute atomic E-state index is 6.06. The van der Waals surface area contributed by atoms with Gasteiger partial charge in [0.2, 0.25) is 0 Å². The van der Waals surface area contributed by atoms with E-state index in [1.54, 1.807) is 6.07 Å². The molecule has 1 N–H and O–H groups in total. The monoisotopic (exact) mass is 304 g/mol. The molecule has 0 aromatic carbocycles. The average Bonchev–Trinajstić information content (AvgIpc) is 3.09. The number of hydrogen-bond donors (Lipinski definition) is 1. The standard InChI is InChI=1S/C14H17ClN6/c15-10-8-11(18-14(17-10)9-3-4-9)16-6-5-13-20-19-12-2-1-7-21(12)13/h8-9H,1-7H2,(H,16,17,18). The molecule has 0 amide bonds. The third kappa shape index (κ3) is 2.72. The molecular weight excluding hydrogens is 288 g/mol. The molecule has 6 nitrogen and oxygen atoms in total. The maximum Gasteiger partial charge on any atom is 0.135 e. The lowest BCUT2D eigenvalue weighted by atomic mass is 10.3. The molecule has 110 valence electrons. The molecule has 1 saturated carbocycles. The van der Waals surface area contributed by atoms with Gasteiger partial charge in [0.15, 0.2) is 0 Å². The number of nitrogens with zero attached hydrogens (tertiary/aromatic N) is 5. The maximum atomic E-state index is 6.06. The molecule has 0 atom stereocenters. The van der Waals surface area contributed by atoms with Gasteiger partial charge in [-0.2, -0.15) is 0 Å². The van der Waals surface area contributed by atoms with Crippen LogP contribution in [0.4, 0.5) is 5.82 Å². The van der Waals surface area contributed by atoms with Gasteiger partial charge in [-0.1, -0.05) is 11.6 Å². The lowest BCUT2D eigenvalue weighted by Crippen LogP contribution is -2.11. The number of nitrogens with one attached hydrogen (secondary N) is 1. The second-order valence-electron chi connectivity index (χ2n) is 5.67. The van der Waals surface area contributed by atoms with E-state index in [9.17, 15) is 0 Å². The molecule has 2 aliphatic rings. The van der Waals surface area contributed by atoms with E-state index in [0.29, 0.717) is 11.1 Å². The van der Waals surface area contributed by atoms with Crippen LogP contribution in [0.15, 0.2) is 6.07 Å². The number of aromatic nitrogens is 5. The van der Waals surface area contributed by atoms with Gasteiger partial charge in [0.05, 0.1) is 0 Å². The first-order valence-corrected chi connectivity index (χ1v) is 7.87. The summed E-state index contributed by atoms with van der Waals surface area (Å²) in [6.07, 6.45) is 5.41. The van der Waals surface area contributed by atoms with Crippen molar-refractivity contribution in [1.29, 1.82) is 0 Å². The predicted octanol–water partition coefficient (Wildman–Crippen LogP) is 2.20. The second kappa shape index (κ2) is 5.26.